The number of imide groups is 1. The fourth-order valence-corrected chi connectivity index (χ4v) is 2.90. The van der Waals surface area contributed by atoms with Crippen LogP contribution in [0.1, 0.15) is 34.3 Å². The summed E-state index contributed by atoms with van der Waals surface area (Å²) in [6.07, 6.45) is 0.550. The highest BCUT2D eigenvalue weighted by molar-refractivity contribution is 7.96. The summed E-state index contributed by atoms with van der Waals surface area (Å²) in [4.78, 5) is 47.9. The summed E-state index contributed by atoms with van der Waals surface area (Å²) in [6.45, 7) is 0.356. The third-order valence-electron chi connectivity index (χ3n) is 3.95. The number of nitrogens with zero attached hydrogens (tertiary/aromatic N) is 1. The van der Waals surface area contributed by atoms with E-state index in [9.17, 15) is 19.2 Å². The molecule has 1 aromatic carbocycles. The Bertz CT molecular complexity index is 718. The molecule has 3 amide bonds. The van der Waals surface area contributed by atoms with Gasteiger partial charge in [0.25, 0.3) is 5.91 Å². The zero-order valence-corrected chi connectivity index (χ0v) is 13.0. The minimum Gasteiger partial charge on any atom is -0.453 e. The molecule has 7 nitrogen and oxygen atoms in total. The summed E-state index contributed by atoms with van der Waals surface area (Å²) in [7, 11) is 0. The quantitative estimate of drug-likeness (QED) is 0.489. The smallest absolute Gasteiger partial charge is 0.364 e. The van der Waals surface area contributed by atoms with E-state index >= 15 is 0 Å². The molecule has 1 aromatic rings. The summed E-state index contributed by atoms with van der Waals surface area (Å²) >= 11 is 3.52. The molecule has 0 radical (unpaired) electrons. The molecule has 1 atom stereocenters. The van der Waals surface area contributed by atoms with Crippen molar-refractivity contribution in [2.24, 2.45) is 0 Å². The lowest BCUT2D eigenvalue weighted by atomic mass is 10.0. The third-order valence-corrected chi connectivity index (χ3v) is 4.08. The molecule has 1 N–H and O–H groups in total. The van der Waals surface area contributed by atoms with Crippen molar-refractivity contribution in [2.45, 2.75) is 32.0 Å². The van der Waals surface area contributed by atoms with Gasteiger partial charge < -0.3 is 9.64 Å². The van der Waals surface area contributed by atoms with Crippen LogP contribution in [0.5, 0.6) is 0 Å². The van der Waals surface area contributed by atoms with Crippen molar-refractivity contribution in [3.63, 3.8) is 0 Å². The van der Waals surface area contributed by atoms with E-state index in [0.29, 0.717) is 24.1 Å². The van der Waals surface area contributed by atoms with Gasteiger partial charge in [-0.15, -0.1) is 0 Å². The fraction of sp³-hybridized carbons (Fsp3) is 0.333. The maximum Gasteiger partial charge on any atom is 0.364 e. The van der Waals surface area contributed by atoms with E-state index in [1.807, 2.05) is 0 Å². The number of fused-ring (bicyclic) bond motifs is 1. The van der Waals surface area contributed by atoms with Crippen molar-refractivity contribution in [3.05, 3.63) is 34.9 Å². The van der Waals surface area contributed by atoms with Crippen LogP contribution in [0.15, 0.2) is 18.2 Å². The van der Waals surface area contributed by atoms with Gasteiger partial charge in [0, 0.05) is 18.5 Å². The van der Waals surface area contributed by atoms with E-state index < -0.39 is 17.3 Å². The Morgan fingerprint density at radius 2 is 2.13 bits per heavy atom. The van der Waals surface area contributed by atoms with Gasteiger partial charge in [-0.3, -0.25) is 19.7 Å². The maximum atomic E-state index is 12.6. The first-order valence-corrected chi connectivity index (χ1v) is 7.52. The average molecular weight is 334 g/mol. The van der Waals surface area contributed by atoms with Gasteiger partial charge in [0.1, 0.15) is 12.6 Å². The second-order valence-corrected chi connectivity index (χ2v) is 5.81. The lowest BCUT2D eigenvalue weighted by Gasteiger charge is -2.29. The first-order chi connectivity index (χ1) is 11.0. The molecule has 2 heterocycles. The van der Waals surface area contributed by atoms with E-state index in [0.717, 1.165) is 5.56 Å². The Hall–Kier alpha value is -2.35. The van der Waals surface area contributed by atoms with Crippen molar-refractivity contribution < 1.29 is 23.9 Å². The lowest BCUT2D eigenvalue weighted by Crippen LogP contribution is -2.52. The molecule has 1 fully saturated rings. The molecule has 0 bridgehead atoms. The largest absolute Gasteiger partial charge is 0.453 e. The van der Waals surface area contributed by atoms with Gasteiger partial charge in [-0.2, -0.15) is 0 Å². The molecule has 1 saturated heterocycles. The van der Waals surface area contributed by atoms with Gasteiger partial charge in [0.2, 0.25) is 11.8 Å². The molecule has 3 rings (SSSR count). The van der Waals surface area contributed by atoms with E-state index in [1.165, 1.54) is 4.90 Å². The van der Waals surface area contributed by atoms with Crippen molar-refractivity contribution in [1.82, 2.24) is 10.2 Å². The Kier molecular flexibility index (Phi) is 4.08. The van der Waals surface area contributed by atoms with Crippen molar-refractivity contribution >= 4 is 35.7 Å². The minimum atomic E-state index is -0.693. The fourth-order valence-electron chi connectivity index (χ4n) is 2.84. The molecule has 120 valence electrons. The number of carbonyl (C=O) groups is 4. The van der Waals surface area contributed by atoms with Crippen LogP contribution in [0, 0.1) is 0 Å². The zero-order valence-electron chi connectivity index (χ0n) is 12.1. The molecule has 0 spiro atoms. The first-order valence-electron chi connectivity index (χ1n) is 7.08. The second kappa shape index (κ2) is 6.04. The molecule has 23 heavy (non-hydrogen) atoms. The number of amides is 3. The van der Waals surface area contributed by atoms with Crippen LogP contribution in [0.3, 0.4) is 0 Å². The van der Waals surface area contributed by atoms with Crippen LogP contribution in [-0.4, -0.2) is 34.0 Å². The Morgan fingerprint density at radius 3 is 2.83 bits per heavy atom. The molecular weight excluding hydrogens is 320 g/mol. The van der Waals surface area contributed by atoms with E-state index in [2.05, 4.69) is 17.9 Å². The highest BCUT2D eigenvalue weighted by Gasteiger charge is 2.39. The van der Waals surface area contributed by atoms with Gasteiger partial charge in [0.15, 0.2) is 0 Å². The standard InChI is InChI=1S/C15H14N2O5S/c18-12-4-3-11(13(19)16-12)17-6-9-2-1-8(7-22-15(21)23)5-10(9)14(17)20/h1-2,5,11H,3-4,6-7H2,(H,21,23)(H,16,18,19). The number of hydrogen-bond donors (Lipinski definition) is 2. The molecular formula is C15H14N2O5S. The number of benzene rings is 1. The van der Waals surface area contributed by atoms with Crippen LogP contribution in [0.25, 0.3) is 0 Å². The summed E-state index contributed by atoms with van der Waals surface area (Å²) < 4.78 is 4.79. The molecule has 0 aromatic heterocycles. The molecule has 0 saturated carbocycles. The highest BCUT2D eigenvalue weighted by atomic mass is 32.1. The van der Waals surface area contributed by atoms with E-state index in [1.54, 1.807) is 18.2 Å². The SMILES string of the molecule is O=C1CCC(N2Cc3ccc(COC(=O)S)cc3C2=O)C(=O)N1. The van der Waals surface area contributed by atoms with Crippen LogP contribution >= 0.6 is 12.6 Å². The maximum absolute atomic E-state index is 12.6. The number of ether oxygens (including phenoxy) is 1. The number of nitrogens with one attached hydrogen (secondary N) is 1. The van der Waals surface area contributed by atoms with Gasteiger partial charge in [-0.1, -0.05) is 24.8 Å². The number of piperidine rings is 1. The molecule has 0 aliphatic carbocycles. The summed E-state index contributed by atoms with van der Waals surface area (Å²) in [5.41, 5.74) is 1.97. The summed E-state index contributed by atoms with van der Waals surface area (Å²) in [5, 5.41) is 1.57. The summed E-state index contributed by atoms with van der Waals surface area (Å²) in [6, 6.07) is 4.56. The Balaban J connectivity index is 1.78. The Morgan fingerprint density at radius 1 is 1.35 bits per heavy atom. The number of hydrogen-bond acceptors (Lipinski definition) is 5. The van der Waals surface area contributed by atoms with E-state index in [4.69, 9.17) is 4.74 Å². The van der Waals surface area contributed by atoms with E-state index in [-0.39, 0.29) is 24.8 Å². The molecule has 2 aliphatic rings. The van der Waals surface area contributed by atoms with Crippen molar-refractivity contribution in [2.75, 3.05) is 0 Å². The molecule has 2 aliphatic heterocycles. The Labute approximate surface area is 137 Å². The minimum absolute atomic E-state index is 0.0291. The van der Waals surface area contributed by atoms with Gasteiger partial charge in [-0.05, 0) is 23.6 Å². The summed E-state index contributed by atoms with van der Waals surface area (Å²) in [5.74, 6) is -1.01. The number of rotatable bonds is 3. The van der Waals surface area contributed by atoms with Gasteiger partial charge in [-0.25, -0.2) is 4.79 Å². The first kappa shape index (κ1) is 15.5. The molecule has 8 heteroatoms. The van der Waals surface area contributed by atoms with Crippen LogP contribution in [0.4, 0.5) is 4.79 Å². The number of thiol groups is 1. The van der Waals surface area contributed by atoms with Crippen LogP contribution in [-0.2, 0) is 27.5 Å². The van der Waals surface area contributed by atoms with Gasteiger partial charge in [0.05, 0.1) is 0 Å². The second-order valence-electron chi connectivity index (χ2n) is 5.45. The third kappa shape index (κ3) is 3.07. The molecule has 1 unspecified atom stereocenters. The lowest BCUT2D eigenvalue weighted by molar-refractivity contribution is -0.136. The van der Waals surface area contributed by atoms with Crippen LogP contribution in [0.2, 0.25) is 0 Å². The van der Waals surface area contributed by atoms with Crippen molar-refractivity contribution in [1.29, 1.82) is 0 Å². The monoisotopic (exact) mass is 334 g/mol. The normalized spacial score (nSPS) is 20.3. The van der Waals surface area contributed by atoms with Crippen LogP contribution < -0.4 is 5.32 Å². The van der Waals surface area contributed by atoms with Crippen molar-refractivity contribution in [3.8, 4) is 0 Å². The average Bonchev–Trinajstić information content (AvgIpc) is 2.82. The number of carbonyl (C=O) groups excluding carboxylic acids is 4. The highest BCUT2D eigenvalue weighted by Crippen LogP contribution is 2.28. The predicted octanol–water partition coefficient (Wildman–Crippen LogP) is 1.01. The van der Waals surface area contributed by atoms with Gasteiger partial charge >= 0.3 is 5.30 Å². The topological polar surface area (TPSA) is 92.8 Å². The zero-order chi connectivity index (χ0) is 16.6. The predicted molar refractivity (Wildman–Crippen MR) is 81.7 cm³/mol.